The molecule has 0 aliphatic carbocycles. The maximum absolute atomic E-state index is 13.0. The average Bonchev–Trinajstić information content (AvgIpc) is 3.01. The van der Waals surface area contributed by atoms with Crippen molar-refractivity contribution in [1.29, 1.82) is 0 Å². The van der Waals surface area contributed by atoms with Gasteiger partial charge in [0.15, 0.2) is 0 Å². The summed E-state index contributed by atoms with van der Waals surface area (Å²) < 4.78 is 0. The lowest BCUT2D eigenvalue weighted by molar-refractivity contribution is -0.143. The normalized spacial score (nSPS) is 23.2. The third kappa shape index (κ3) is 2.93. The fourth-order valence-electron chi connectivity index (χ4n) is 2.99. The van der Waals surface area contributed by atoms with E-state index in [1.807, 2.05) is 18.2 Å². The fraction of sp³-hybridized carbons (Fsp3) is 0.438. The summed E-state index contributed by atoms with van der Waals surface area (Å²) in [5.74, 6) is 0.196. The smallest absolute Gasteiger partial charge is 0.245 e. The molecule has 2 aliphatic rings. The molecule has 6 nitrogen and oxygen atoms in total. The monoisotopic (exact) mass is 333 g/mol. The molecule has 3 rings (SSSR count). The number of fused-ring (bicyclic) bond motifs is 1. The number of likely N-dealkylation sites (N-methyl/N-ethyl adjacent to an activating group) is 1. The molecule has 0 bridgehead atoms. The van der Waals surface area contributed by atoms with Crippen LogP contribution in [-0.2, 0) is 14.4 Å². The van der Waals surface area contributed by atoms with Crippen LogP contribution in [0.5, 0.6) is 0 Å². The second-order valence-electron chi connectivity index (χ2n) is 5.95. The van der Waals surface area contributed by atoms with Crippen molar-refractivity contribution >= 4 is 35.2 Å². The molecule has 23 heavy (non-hydrogen) atoms. The summed E-state index contributed by atoms with van der Waals surface area (Å²) in [6.45, 7) is 0. The zero-order chi connectivity index (χ0) is 16.6. The lowest BCUT2D eigenvalue weighted by Gasteiger charge is -2.31. The zero-order valence-corrected chi connectivity index (χ0v) is 13.9. The highest BCUT2D eigenvalue weighted by Gasteiger charge is 2.41. The second-order valence-corrected chi connectivity index (χ2v) is 6.95. The van der Waals surface area contributed by atoms with Crippen molar-refractivity contribution in [3.63, 3.8) is 0 Å². The van der Waals surface area contributed by atoms with Crippen molar-refractivity contribution in [2.75, 3.05) is 31.0 Å². The first-order valence-corrected chi connectivity index (χ1v) is 8.62. The van der Waals surface area contributed by atoms with Crippen molar-refractivity contribution in [1.82, 2.24) is 9.80 Å². The molecular formula is C16H19N3O3S. The summed E-state index contributed by atoms with van der Waals surface area (Å²) in [5.41, 5.74) is 1.51. The van der Waals surface area contributed by atoms with Crippen molar-refractivity contribution in [2.45, 2.75) is 18.4 Å². The van der Waals surface area contributed by atoms with E-state index >= 15 is 0 Å². The Morgan fingerprint density at radius 3 is 2.78 bits per heavy atom. The van der Waals surface area contributed by atoms with Crippen LogP contribution in [-0.4, -0.2) is 59.3 Å². The summed E-state index contributed by atoms with van der Waals surface area (Å²) in [6.07, 6.45) is 0.125. The van der Waals surface area contributed by atoms with E-state index in [9.17, 15) is 14.4 Å². The van der Waals surface area contributed by atoms with Crippen LogP contribution in [0.4, 0.5) is 5.69 Å². The van der Waals surface area contributed by atoms with Gasteiger partial charge in [0, 0.05) is 32.0 Å². The fourth-order valence-corrected chi connectivity index (χ4v) is 4.15. The standard InChI is InChI=1S/C16H19N3O3S/c1-18(2)16(22)13-8-23-9-19(13)15(21)11-7-14(20)17-12-6-4-3-5-10(11)12/h3-6,11,13H,7-9H2,1-2H3,(H,17,20). The van der Waals surface area contributed by atoms with E-state index in [0.29, 0.717) is 17.3 Å². The summed E-state index contributed by atoms with van der Waals surface area (Å²) >= 11 is 1.57. The minimum Gasteiger partial charge on any atom is -0.347 e. The first-order chi connectivity index (χ1) is 11.0. The Kier molecular flexibility index (Phi) is 4.30. The Labute approximate surface area is 139 Å². The highest BCUT2D eigenvalue weighted by Crippen LogP contribution is 2.35. The molecule has 3 amide bonds. The van der Waals surface area contributed by atoms with Gasteiger partial charge >= 0.3 is 0 Å². The highest BCUT2D eigenvalue weighted by atomic mass is 32.2. The summed E-state index contributed by atoms with van der Waals surface area (Å²) in [5, 5.41) is 2.80. The molecule has 122 valence electrons. The predicted molar refractivity (Wildman–Crippen MR) is 89.1 cm³/mol. The number of amides is 3. The van der Waals surface area contributed by atoms with Crippen molar-refractivity contribution in [3.05, 3.63) is 29.8 Å². The van der Waals surface area contributed by atoms with Gasteiger partial charge in [-0.15, -0.1) is 11.8 Å². The number of rotatable bonds is 2. The van der Waals surface area contributed by atoms with Gasteiger partial charge in [0.05, 0.1) is 11.8 Å². The molecule has 1 N–H and O–H groups in total. The maximum Gasteiger partial charge on any atom is 0.245 e. The molecule has 1 aromatic rings. The van der Waals surface area contributed by atoms with Gasteiger partial charge in [0.2, 0.25) is 17.7 Å². The minimum absolute atomic E-state index is 0.0723. The maximum atomic E-state index is 13.0. The quantitative estimate of drug-likeness (QED) is 0.880. The minimum atomic E-state index is -0.517. The first kappa shape index (κ1) is 15.9. The van der Waals surface area contributed by atoms with E-state index in [1.54, 1.807) is 36.8 Å². The van der Waals surface area contributed by atoms with Crippen LogP contribution in [0.15, 0.2) is 24.3 Å². The number of para-hydroxylation sites is 1. The molecule has 2 atom stereocenters. The Morgan fingerprint density at radius 1 is 1.30 bits per heavy atom. The first-order valence-electron chi connectivity index (χ1n) is 7.47. The van der Waals surface area contributed by atoms with Gasteiger partial charge in [-0.1, -0.05) is 18.2 Å². The van der Waals surface area contributed by atoms with Crippen molar-refractivity contribution < 1.29 is 14.4 Å². The number of anilines is 1. The van der Waals surface area contributed by atoms with Crippen molar-refractivity contribution in [2.24, 2.45) is 0 Å². The number of nitrogens with zero attached hydrogens (tertiary/aromatic N) is 2. The molecule has 2 unspecified atom stereocenters. The van der Waals surface area contributed by atoms with Crippen LogP contribution >= 0.6 is 11.8 Å². The largest absolute Gasteiger partial charge is 0.347 e. The molecule has 1 aromatic carbocycles. The lowest BCUT2D eigenvalue weighted by atomic mass is 9.89. The van der Waals surface area contributed by atoms with Crippen LogP contribution in [0.25, 0.3) is 0 Å². The number of nitrogens with one attached hydrogen (secondary N) is 1. The van der Waals surface area contributed by atoms with E-state index in [-0.39, 0.29) is 24.1 Å². The number of thioether (sulfide) groups is 1. The topological polar surface area (TPSA) is 69.7 Å². The van der Waals surface area contributed by atoms with E-state index in [4.69, 9.17) is 0 Å². The molecule has 0 saturated carbocycles. The molecule has 0 radical (unpaired) electrons. The van der Waals surface area contributed by atoms with Gasteiger partial charge in [0.25, 0.3) is 0 Å². The summed E-state index contributed by atoms with van der Waals surface area (Å²) in [6, 6.07) is 6.91. The molecular weight excluding hydrogens is 314 g/mol. The Hall–Kier alpha value is -2.02. The number of hydrogen-bond donors (Lipinski definition) is 1. The van der Waals surface area contributed by atoms with E-state index in [0.717, 1.165) is 5.56 Å². The van der Waals surface area contributed by atoms with Crippen LogP contribution in [0.1, 0.15) is 17.9 Å². The zero-order valence-electron chi connectivity index (χ0n) is 13.1. The van der Waals surface area contributed by atoms with Gasteiger partial charge in [-0.05, 0) is 11.6 Å². The van der Waals surface area contributed by atoms with Gasteiger partial charge in [-0.2, -0.15) is 0 Å². The average molecular weight is 333 g/mol. The molecule has 2 heterocycles. The van der Waals surface area contributed by atoms with Crippen LogP contribution in [0, 0.1) is 0 Å². The SMILES string of the molecule is CN(C)C(=O)C1CSCN1C(=O)C1CC(=O)Nc2ccccc21. The van der Waals surface area contributed by atoms with Crippen LogP contribution in [0.2, 0.25) is 0 Å². The lowest BCUT2D eigenvalue weighted by Crippen LogP contribution is -2.49. The Bertz CT molecular complexity index is 662. The Balaban J connectivity index is 1.88. The molecule has 0 aromatic heterocycles. The van der Waals surface area contributed by atoms with E-state index in [1.165, 1.54) is 4.90 Å². The third-order valence-electron chi connectivity index (χ3n) is 4.19. The number of carbonyl (C=O) groups excluding carboxylic acids is 3. The molecule has 7 heteroatoms. The third-order valence-corrected chi connectivity index (χ3v) is 5.20. The number of hydrogen-bond acceptors (Lipinski definition) is 4. The summed E-state index contributed by atoms with van der Waals surface area (Å²) in [7, 11) is 3.38. The Morgan fingerprint density at radius 2 is 2.04 bits per heavy atom. The number of carbonyl (C=O) groups is 3. The van der Waals surface area contributed by atoms with E-state index in [2.05, 4.69) is 5.32 Å². The molecule has 2 aliphatic heterocycles. The summed E-state index contributed by atoms with van der Waals surface area (Å²) in [4.78, 5) is 40.3. The highest BCUT2D eigenvalue weighted by molar-refractivity contribution is 7.99. The second kappa shape index (κ2) is 6.23. The van der Waals surface area contributed by atoms with E-state index < -0.39 is 12.0 Å². The van der Waals surface area contributed by atoms with Crippen molar-refractivity contribution in [3.8, 4) is 0 Å². The van der Waals surface area contributed by atoms with Gasteiger partial charge in [0.1, 0.15) is 6.04 Å². The van der Waals surface area contributed by atoms with Crippen LogP contribution in [0.3, 0.4) is 0 Å². The number of benzene rings is 1. The molecule has 1 fully saturated rings. The van der Waals surface area contributed by atoms with Gasteiger partial charge in [-0.25, -0.2) is 0 Å². The predicted octanol–water partition coefficient (Wildman–Crippen LogP) is 1.10. The van der Waals surface area contributed by atoms with Gasteiger partial charge < -0.3 is 15.1 Å². The van der Waals surface area contributed by atoms with Crippen LogP contribution < -0.4 is 5.32 Å². The molecule has 1 saturated heterocycles. The molecule has 0 spiro atoms. The van der Waals surface area contributed by atoms with Gasteiger partial charge in [-0.3, -0.25) is 14.4 Å².